The molecule has 0 aromatic heterocycles. The van der Waals surface area contributed by atoms with E-state index in [1.54, 1.807) is 12.1 Å². The molecule has 0 spiro atoms. The normalized spacial score (nSPS) is 12.4. The Morgan fingerprint density at radius 3 is 2.14 bits per heavy atom. The zero-order valence-corrected chi connectivity index (χ0v) is 23.8. The Balaban J connectivity index is 2.54. The van der Waals surface area contributed by atoms with Crippen LogP contribution in [0.2, 0.25) is 0 Å². The van der Waals surface area contributed by atoms with Crippen LogP contribution in [0.1, 0.15) is 45.2 Å². The van der Waals surface area contributed by atoms with Crippen LogP contribution in [0.25, 0.3) is 0 Å². The van der Waals surface area contributed by atoms with E-state index in [1.807, 2.05) is 58.9 Å². The van der Waals surface area contributed by atoms with Crippen molar-refractivity contribution in [2.75, 3.05) is 31.3 Å². The highest BCUT2D eigenvalue weighted by Gasteiger charge is 2.33. The summed E-state index contributed by atoms with van der Waals surface area (Å²) >= 11 is 0. The molecule has 2 amide bonds. The number of ether oxygens (including phenoxy) is 2. The monoisotopic (exact) mass is 533 g/mol. The molecule has 204 valence electrons. The second-order valence-corrected chi connectivity index (χ2v) is 11.9. The van der Waals surface area contributed by atoms with Gasteiger partial charge in [-0.3, -0.25) is 13.9 Å². The van der Waals surface area contributed by atoms with Gasteiger partial charge in [0.2, 0.25) is 21.8 Å². The van der Waals surface area contributed by atoms with Crippen molar-refractivity contribution >= 4 is 27.5 Å². The van der Waals surface area contributed by atoms with E-state index in [9.17, 15) is 18.0 Å². The summed E-state index contributed by atoms with van der Waals surface area (Å²) in [5.74, 6) is -0.155. The van der Waals surface area contributed by atoms with Crippen LogP contribution in [0.3, 0.4) is 0 Å². The fraction of sp³-hybridized carbons (Fsp3) is 0.481. The summed E-state index contributed by atoms with van der Waals surface area (Å²) in [6.45, 7) is 9.00. The Labute approximate surface area is 220 Å². The molecule has 0 aliphatic rings. The first-order chi connectivity index (χ1) is 17.2. The largest absolute Gasteiger partial charge is 0.497 e. The van der Waals surface area contributed by atoms with Crippen molar-refractivity contribution in [3.63, 3.8) is 0 Å². The van der Waals surface area contributed by atoms with Crippen LogP contribution in [-0.2, 0) is 26.2 Å². The highest BCUT2D eigenvalue weighted by Crippen LogP contribution is 2.34. The first kappa shape index (κ1) is 30.0. The van der Waals surface area contributed by atoms with Gasteiger partial charge in [0, 0.05) is 18.2 Å². The van der Waals surface area contributed by atoms with Gasteiger partial charge in [0.1, 0.15) is 24.1 Å². The fourth-order valence-electron chi connectivity index (χ4n) is 3.85. The number of anilines is 1. The van der Waals surface area contributed by atoms with E-state index < -0.39 is 34.1 Å². The molecule has 0 saturated carbocycles. The molecule has 2 rings (SSSR count). The lowest BCUT2D eigenvalue weighted by molar-refractivity contribution is -0.141. The van der Waals surface area contributed by atoms with E-state index >= 15 is 0 Å². The standard InChI is InChI=1S/C27H39N3O6S/c1-9-22(26(32)28-27(3,4)5)29(17-20-12-10-19(2)11-13-20)25(31)18-30(37(8,33)34)23-16-21(35-6)14-15-24(23)36-7/h10-16,22H,9,17-18H2,1-8H3,(H,28,32)/t22-/m1/s1. The number of methoxy groups -OCH3 is 2. The Morgan fingerprint density at radius 2 is 1.65 bits per heavy atom. The number of hydrogen-bond acceptors (Lipinski definition) is 6. The van der Waals surface area contributed by atoms with Gasteiger partial charge < -0.3 is 19.7 Å². The van der Waals surface area contributed by atoms with Crippen molar-refractivity contribution < 1.29 is 27.5 Å². The number of nitrogens with zero attached hydrogens (tertiary/aromatic N) is 2. The molecule has 37 heavy (non-hydrogen) atoms. The Hall–Kier alpha value is -3.27. The highest BCUT2D eigenvalue weighted by atomic mass is 32.2. The van der Waals surface area contributed by atoms with Gasteiger partial charge in [-0.15, -0.1) is 0 Å². The Kier molecular flexibility index (Phi) is 9.97. The maximum Gasteiger partial charge on any atom is 0.244 e. The Bertz CT molecular complexity index is 1190. The maximum absolute atomic E-state index is 13.8. The summed E-state index contributed by atoms with van der Waals surface area (Å²) < 4.78 is 37.4. The zero-order valence-electron chi connectivity index (χ0n) is 23.0. The number of amides is 2. The summed E-state index contributed by atoms with van der Waals surface area (Å²) in [7, 11) is -1.03. The summed E-state index contributed by atoms with van der Waals surface area (Å²) in [6, 6.07) is 11.6. The number of carbonyl (C=O) groups excluding carboxylic acids is 2. The zero-order chi connectivity index (χ0) is 28.0. The highest BCUT2D eigenvalue weighted by molar-refractivity contribution is 7.92. The molecule has 10 heteroatoms. The van der Waals surface area contributed by atoms with Crippen LogP contribution >= 0.6 is 0 Å². The van der Waals surface area contributed by atoms with Gasteiger partial charge in [-0.05, 0) is 51.8 Å². The van der Waals surface area contributed by atoms with Gasteiger partial charge in [-0.25, -0.2) is 8.42 Å². The second-order valence-electron chi connectivity index (χ2n) is 9.98. The Morgan fingerprint density at radius 1 is 1.03 bits per heavy atom. The minimum absolute atomic E-state index is 0.141. The van der Waals surface area contributed by atoms with Gasteiger partial charge in [0.25, 0.3) is 0 Å². The first-order valence-corrected chi connectivity index (χ1v) is 13.9. The molecule has 0 aliphatic heterocycles. The van der Waals surface area contributed by atoms with E-state index in [-0.39, 0.29) is 23.9 Å². The summed E-state index contributed by atoms with van der Waals surface area (Å²) in [5.41, 5.74) is 1.55. The number of hydrogen-bond donors (Lipinski definition) is 1. The predicted molar refractivity (Wildman–Crippen MR) is 145 cm³/mol. The van der Waals surface area contributed by atoms with Crippen molar-refractivity contribution in [3.8, 4) is 11.5 Å². The quantitative estimate of drug-likeness (QED) is 0.474. The number of aryl methyl sites for hydroxylation is 1. The SMILES string of the molecule is CC[C@H](C(=O)NC(C)(C)C)N(Cc1ccc(C)cc1)C(=O)CN(c1cc(OC)ccc1OC)S(C)(=O)=O. The molecule has 0 aliphatic carbocycles. The van der Waals surface area contributed by atoms with E-state index in [1.165, 1.54) is 25.2 Å². The average Bonchev–Trinajstić information content (AvgIpc) is 2.81. The lowest BCUT2D eigenvalue weighted by Crippen LogP contribution is -2.55. The molecule has 0 bridgehead atoms. The average molecular weight is 534 g/mol. The third-order valence-electron chi connectivity index (χ3n) is 5.69. The first-order valence-electron chi connectivity index (χ1n) is 12.1. The fourth-order valence-corrected chi connectivity index (χ4v) is 4.69. The second kappa shape index (κ2) is 12.3. The van der Waals surface area contributed by atoms with Crippen molar-refractivity contribution in [1.82, 2.24) is 10.2 Å². The molecule has 0 heterocycles. The summed E-state index contributed by atoms with van der Waals surface area (Å²) in [4.78, 5) is 28.5. The maximum atomic E-state index is 13.8. The van der Waals surface area contributed by atoms with E-state index in [2.05, 4.69) is 5.32 Å². The molecule has 0 fully saturated rings. The van der Waals surface area contributed by atoms with Crippen molar-refractivity contribution in [3.05, 3.63) is 53.6 Å². The van der Waals surface area contributed by atoms with Crippen molar-refractivity contribution in [2.45, 2.75) is 59.2 Å². The van der Waals surface area contributed by atoms with Crippen molar-refractivity contribution in [2.24, 2.45) is 0 Å². The number of benzene rings is 2. The minimum Gasteiger partial charge on any atom is -0.497 e. The number of sulfonamides is 1. The van der Waals surface area contributed by atoms with Gasteiger partial charge >= 0.3 is 0 Å². The van der Waals surface area contributed by atoms with E-state index in [0.717, 1.165) is 21.7 Å². The number of nitrogens with one attached hydrogen (secondary N) is 1. The molecule has 0 saturated heterocycles. The van der Waals surface area contributed by atoms with Crippen molar-refractivity contribution in [1.29, 1.82) is 0 Å². The third kappa shape index (κ3) is 8.38. The molecular weight excluding hydrogens is 494 g/mol. The van der Waals surface area contributed by atoms with Gasteiger partial charge in [-0.2, -0.15) is 0 Å². The molecule has 2 aromatic carbocycles. The van der Waals surface area contributed by atoms with Crippen LogP contribution in [0.5, 0.6) is 11.5 Å². The smallest absolute Gasteiger partial charge is 0.244 e. The van der Waals surface area contributed by atoms with Crippen LogP contribution < -0.4 is 19.1 Å². The van der Waals surface area contributed by atoms with Gasteiger partial charge in [0.05, 0.1) is 26.2 Å². The van der Waals surface area contributed by atoms with Crippen LogP contribution in [0.4, 0.5) is 5.69 Å². The minimum atomic E-state index is -3.91. The molecule has 0 unspecified atom stereocenters. The van der Waals surface area contributed by atoms with Gasteiger partial charge in [0.15, 0.2) is 0 Å². The van der Waals surface area contributed by atoms with Crippen LogP contribution in [0, 0.1) is 6.92 Å². The van der Waals surface area contributed by atoms with Gasteiger partial charge in [-0.1, -0.05) is 36.8 Å². The molecular formula is C27H39N3O6S. The summed E-state index contributed by atoms with van der Waals surface area (Å²) in [5, 5.41) is 2.95. The molecule has 2 aromatic rings. The molecule has 1 N–H and O–H groups in total. The predicted octanol–water partition coefficient (Wildman–Crippen LogP) is 3.50. The topological polar surface area (TPSA) is 105 Å². The number of carbonyl (C=O) groups is 2. The molecule has 1 atom stereocenters. The van der Waals surface area contributed by atoms with Crippen LogP contribution in [0.15, 0.2) is 42.5 Å². The van der Waals surface area contributed by atoms with E-state index in [4.69, 9.17) is 9.47 Å². The molecule has 9 nitrogen and oxygen atoms in total. The summed E-state index contributed by atoms with van der Waals surface area (Å²) in [6.07, 6.45) is 1.37. The lowest BCUT2D eigenvalue weighted by atomic mass is 10.1. The lowest BCUT2D eigenvalue weighted by Gasteiger charge is -2.34. The molecule has 0 radical (unpaired) electrons. The van der Waals surface area contributed by atoms with Crippen LogP contribution in [-0.4, -0.2) is 63.7 Å². The third-order valence-corrected chi connectivity index (χ3v) is 6.82. The number of rotatable bonds is 11. The van der Waals surface area contributed by atoms with E-state index in [0.29, 0.717) is 12.2 Å².